The molecule has 0 unspecified atom stereocenters. The van der Waals surface area contributed by atoms with Crippen LogP contribution in [0, 0.1) is 0 Å². The summed E-state index contributed by atoms with van der Waals surface area (Å²) in [7, 11) is -5.47. The summed E-state index contributed by atoms with van der Waals surface area (Å²) in [5.74, 6) is -0.121. The fourth-order valence-electron chi connectivity index (χ4n) is 2.60. The Kier molecular flexibility index (Phi) is 4.61. The van der Waals surface area contributed by atoms with Gasteiger partial charge in [0.25, 0.3) is 0 Å². The van der Waals surface area contributed by atoms with E-state index < -0.39 is 15.5 Å². The van der Waals surface area contributed by atoms with Gasteiger partial charge in [-0.2, -0.15) is 21.6 Å². The summed E-state index contributed by atoms with van der Waals surface area (Å²) >= 11 is 5.92. The Morgan fingerprint density at radius 2 is 1.77 bits per heavy atom. The summed E-state index contributed by atoms with van der Waals surface area (Å²) in [6, 6.07) is 10.4. The standard InChI is InChI=1S/C16H12ClF3N2O3S/c17-12-3-6-14-11(7-12)8-15(23)22(14)9-10-1-4-13(5-2-10)21-26(24,25)16(18,19)20/h1-7,21H,8-9H2. The number of sulfonamides is 1. The van der Waals surface area contributed by atoms with E-state index in [1.54, 1.807) is 23.1 Å². The second-order valence-electron chi connectivity index (χ2n) is 5.68. The van der Waals surface area contributed by atoms with E-state index >= 15 is 0 Å². The van der Waals surface area contributed by atoms with Gasteiger partial charge in [0.2, 0.25) is 5.91 Å². The van der Waals surface area contributed by atoms with Crippen molar-refractivity contribution >= 4 is 38.9 Å². The van der Waals surface area contributed by atoms with Gasteiger partial charge in [0.15, 0.2) is 0 Å². The molecular formula is C16H12ClF3N2O3S. The SMILES string of the molecule is O=C1Cc2cc(Cl)ccc2N1Cc1ccc(NS(=O)(=O)C(F)(F)F)cc1. The molecule has 1 heterocycles. The summed E-state index contributed by atoms with van der Waals surface area (Å²) in [5.41, 5.74) is -3.45. The molecule has 26 heavy (non-hydrogen) atoms. The molecule has 2 aromatic carbocycles. The molecule has 1 aliphatic rings. The summed E-state index contributed by atoms with van der Waals surface area (Å²) in [6.45, 7) is 0.208. The normalized spacial score (nSPS) is 14.5. The molecule has 0 aromatic heterocycles. The number of nitrogens with zero attached hydrogens (tertiary/aromatic N) is 1. The van der Waals surface area contributed by atoms with Gasteiger partial charge in [-0.25, -0.2) is 0 Å². The minimum absolute atomic E-state index is 0.121. The molecular weight excluding hydrogens is 393 g/mol. The summed E-state index contributed by atoms with van der Waals surface area (Å²) < 4.78 is 60.8. The molecule has 10 heteroatoms. The topological polar surface area (TPSA) is 66.5 Å². The zero-order valence-electron chi connectivity index (χ0n) is 13.0. The number of rotatable bonds is 4. The third-order valence-corrected chi connectivity index (χ3v) is 5.18. The van der Waals surface area contributed by atoms with Crippen LogP contribution in [-0.2, 0) is 27.8 Å². The fourth-order valence-corrected chi connectivity index (χ4v) is 3.36. The number of hydrogen-bond acceptors (Lipinski definition) is 3. The van der Waals surface area contributed by atoms with Crippen molar-refractivity contribution in [1.82, 2.24) is 0 Å². The van der Waals surface area contributed by atoms with E-state index in [0.717, 1.165) is 11.3 Å². The molecule has 1 aliphatic heterocycles. The first-order valence-corrected chi connectivity index (χ1v) is 9.20. The van der Waals surface area contributed by atoms with Gasteiger partial charge in [0, 0.05) is 16.4 Å². The Balaban J connectivity index is 1.76. The second kappa shape index (κ2) is 6.48. The maximum atomic E-state index is 12.4. The van der Waals surface area contributed by atoms with Crippen molar-refractivity contribution in [2.75, 3.05) is 9.62 Å². The number of carbonyl (C=O) groups is 1. The van der Waals surface area contributed by atoms with Crippen LogP contribution < -0.4 is 9.62 Å². The van der Waals surface area contributed by atoms with E-state index in [0.29, 0.717) is 10.6 Å². The quantitative estimate of drug-likeness (QED) is 0.845. The van der Waals surface area contributed by atoms with Gasteiger partial charge >= 0.3 is 15.5 Å². The predicted octanol–water partition coefficient (Wildman–Crippen LogP) is 3.69. The van der Waals surface area contributed by atoms with Crippen molar-refractivity contribution in [2.45, 2.75) is 18.5 Å². The molecule has 0 fully saturated rings. The smallest absolute Gasteiger partial charge is 0.307 e. The zero-order chi connectivity index (χ0) is 19.1. The van der Waals surface area contributed by atoms with Crippen molar-refractivity contribution < 1.29 is 26.4 Å². The van der Waals surface area contributed by atoms with Gasteiger partial charge < -0.3 is 4.90 Å². The van der Waals surface area contributed by atoms with Crippen LogP contribution in [0.1, 0.15) is 11.1 Å². The highest BCUT2D eigenvalue weighted by Crippen LogP contribution is 2.32. The maximum absolute atomic E-state index is 12.4. The highest BCUT2D eigenvalue weighted by atomic mass is 35.5. The Bertz CT molecular complexity index is 960. The molecule has 1 amide bonds. The van der Waals surface area contributed by atoms with Crippen LogP contribution in [0.25, 0.3) is 0 Å². The average molecular weight is 405 g/mol. The lowest BCUT2D eigenvalue weighted by Crippen LogP contribution is -2.30. The minimum Gasteiger partial charge on any atom is -0.307 e. The van der Waals surface area contributed by atoms with Crippen molar-refractivity contribution in [3.63, 3.8) is 0 Å². The molecule has 0 saturated heterocycles. The summed E-state index contributed by atoms with van der Waals surface area (Å²) in [5, 5.41) is 0.528. The molecule has 0 spiro atoms. The molecule has 0 radical (unpaired) electrons. The number of anilines is 2. The molecule has 5 nitrogen and oxygen atoms in total. The molecule has 0 bridgehead atoms. The van der Waals surface area contributed by atoms with Crippen molar-refractivity contribution in [2.24, 2.45) is 0 Å². The number of nitrogens with one attached hydrogen (secondary N) is 1. The predicted molar refractivity (Wildman–Crippen MR) is 91.4 cm³/mol. The van der Waals surface area contributed by atoms with Crippen molar-refractivity contribution in [3.05, 3.63) is 58.6 Å². The van der Waals surface area contributed by atoms with Crippen molar-refractivity contribution in [3.8, 4) is 0 Å². The Morgan fingerprint density at radius 1 is 1.12 bits per heavy atom. The lowest BCUT2D eigenvalue weighted by Gasteiger charge is -2.18. The maximum Gasteiger partial charge on any atom is 0.516 e. The van der Waals surface area contributed by atoms with E-state index in [9.17, 15) is 26.4 Å². The van der Waals surface area contributed by atoms with Crippen molar-refractivity contribution in [1.29, 1.82) is 0 Å². The fraction of sp³-hybridized carbons (Fsp3) is 0.188. The van der Waals surface area contributed by atoms with Crippen LogP contribution in [0.3, 0.4) is 0 Å². The molecule has 0 atom stereocenters. The zero-order valence-corrected chi connectivity index (χ0v) is 14.6. The van der Waals surface area contributed by atoms with E-state index in [1.165, 1.54) is 29.0 Å². The van der Waals surface area contributed by atoms with Gasteiger partial charge in [-0.05, 0) is 41.5 Å². The Labute approximate surface area is 152 Å². The minimum atomic E-state index is -5.47. The van der Waals surface area contributed by atoms with E-state index in [2.05, 4.69) is 0 Å². The number of alkyl halides is 3. The molecule has 1 N–H and O–H groups in total. The lowest BCUT2D eigenvalue weighted by atomic mass is 10.1. The van der Waals surface area contributed by atoms with E-state index in [1.807, 2.05) is 0 Å². The number of amides is 1. The van der Waals surface area contributed by atoms with Gasteiger partial charge in [0.05, 0.1) is 13.0 Å². The third kappa shape index (κ3) is 3.63. The molecule has 3 rings (SSSR count). The second-order valence-corrected chi connectivity index (χ2v) is 7.79. The van der Waals surface area contributed by atoms with Gasteiger partial charge in [-0.3, -0.25) is 9.52 Å². The Hall–Kier alpha value is -2.26. The number of fused-ring (bicyclic) bond motifs is 1. The van der Waals surface area contributed by atoms with Crippen LogP contribution in [0.4, 0.5) is 24.5 Å². The van der Waals surface area contributed by atoms with Gasteiger partial charge in [-0.1, -0.05) is 23.7 Å². The van der Waals surface area contributed by atoms with Crippen LogP contribution in [-0.4, -0.2) is 19.8 Å². The molecule has 0 saturated carbocycles. The van der Waals surface area contributed by atoms with Gasteiger partial charge in [0.1, 0.15) is 0 Å². The highest BCUT2D eigenvalue weighted by Gasteiger charge is 2.46. The number of hydrogen-bond donors (Lipinski definition) is 1. The van der Waals surface area contributed by atoms with Crippen LogP contribution in [0.15, 0.2) is 42.5 Å². The first-order chi connectivity index (χ1) is 12.1. The third-order valence-electron chi connectivity index (χ3n) is 3.83. The summed E-state index contributed by atoms with van der Waals surface area (Å²) in [6.07, 6.45) is 0.222. The molecule has 2 aromatic rings. The van der Waals surface area contributed by atoms with E-state index in [4.69, 9.17) is 11.6 Å². The van der Waals surface area contributed by atoms with Crippen LogP contribution in [0.5, 0.6) is 0 Å². The molecule has 0 aliphatic carbocycles. The Morgan fingerprint density at radius 3 is 2.38 bits per heavy atom. The van der Waals surface area contributed by atoms with Crippen LogP contribution >= 0.6 is 11.6 Å². The largest absolute Gasteiger partial charge is 0.516 e. The first-order valence-electron chi connectivity index (χ1n) is 7.34. The number of benzene rings is 2. The van der Waals surface area contributed by atoms with Crippen LogP contribution in [0.2, 0.25) is 5.02 Å². The number of halogens is 4. The molecule has 138 valence electrons. The lowest BCUT2D eigenvalue weighted by molar-refractivity contribution is -0.117. The highest BCUT2D eigenvalue weighted by molar-refractivity contribution is 7.93. The van der Waals surface area contributed by atoms with Gasteiger partial charge in [-0.15, -0.1) is 0 Å². The number of carbonyl (C=O) groups excluding carboxylic acids is 1. The first kappa shape index (κ1) is 18.5. The van der Waals surface area contributed by atoms with E-state index in [-0.39, 0.29) is 24.6 Å². The average Bonchev–Trinajstić information content (AvgIpc) is 2.82. The monoisotopic (exact) mass is 404 g/mol. The summed E-state index contributed by atoms with van der Waals surface area (Å²) in [4.78, 5) is 13.7.